The summed E-state index contributed by atoms with van der Waals surface area (Å²) in [7, 11) is 0. The van der Waals surface area contributed by atoms with Crippen molar-refractivity contribution in [2.24, 2.45) is 5.73 Å². The third-order valence-corrected chi connectivity index (χ3v) is 4.06. The molecule has 14 heavy (non-hydrogen) atoms. The van der Waals surface area contributed by atoms with E-state index >= 15 is 0 Å². The van der Waals surface area contributed by atoms with Crippen molar-refractivity contribution in [3.63, 3.8) is 0 Å². The molecule has 2 atom stereocenters. The highest BCUT2D eigenvalue weighted by molar-refractivity contribution is 7.14. The predicted molar refractivity (Wildman–Crippen MR) is 57.8 cm³/mol. The largest absolute Gasteiger partial charge is 1.00 e. The molecule has 3 heterocycles. The van der Waals surface area contributed by atoms with Gasteiger partial charge in [0.05, 0.1) is 10.6 Å². The van der Waals surface area contributed by atoms with Crippen molar-refractivity contribution in [3.8, 4) is 0 Å². The van der Waals surface area contributed by atoms with Gasteiger partial charge < -0.3 is 10.6 Å². The number of fused-ring (bicyclic) bond motifs is 5. The lowest BCUT2D eigenvalue weighted by atomic mass is 9.95. The minimum Gasteiger partial charge on any atom is -0.366 e. The van der Waals surface area contributed by atoms with Gasteiger partial charge in [-0.2, -0.15) is 0 Å². The SMILES string of the molecule is CC1C2C=CN1c1scc(C(N)=O)c12.[H+]. The molecule has 0 saturated heterocycles. The van der Waals surface area contributed by atoms with Crippen molar-refractivity contribution in [2.75, 3.05) is 4.90 Å². The van der Waals surface area contributed by atoms with Crippen molar-refractivity contribution in [3.05, 3.63) is 28.8 Å². The Bertz CT molecular complexity index is 454. The van der Waals surface area contributed by atoms with Crippen LogP contribution in [0.1, 0.15) is 30.2 Å². The molecule has 0 aromatic carbocycles. The Kier molecular flexibility index (Phi) is 1.37. The van der Waals surface area contributed by atoms with Gasteiger partial charge in [0.1, 0.15) is 0 Å². The highest BCUT2D eigenvalue weighted by Gasteiger charge is 2.41. The molecule has 3 rings (SSSR count). The number of anilines is 1. The highest BCUT2D eigenvalue weighted by atomic mass is 32.1. The third kappa shape index (κ3) is 0.749. The lowest BCUT2D eigenvalue weighted by Crippen LogP contribution is -2.20. The lowest BCUT2D eigenvalue weighted by molar-refractivity contribution is 0.1000. The normalized spacial score (nSPS) is 27.1. The fourth-order valence-electron chi connectivity index (χ4n) is 2.31. The molecule has 0 aliphatic carbocycles. The summed E-state index contributed by atoms with van der Waals surface area (Å²) in [4.78, 5) is 13.4. The molecule has 2 bridgehead atoms. The van der Waals surface area contributed by atoms with Crippen molar-refractivity contribution in [1.82, 2.24) is 0 Å². The molecular formula is C10H11N2OS+. The average molecular weight is 207 g/mol. The second kappa shape index (κ2) is 2.39. The summed E-state index contributed by atoms with van der Waals surface area (Å²) >= 11 is 1.61. The molecule has 0 spiro atoms. The van der Waals surface area contributed by atoms with Gasteiger partial charge in [0.2, 0.25) is 5.91 Å². The predicted octanol–water partition coefficient (Wildman–Crippen LogP) is 1.78. The Morgan fingerprint density at radius 3 is 3.21 bits per heavy atom. The van der Waals surface area contributed by atoms with Gasteiger partial charge in [-0.3, -0.25) is 4.79 Å². The van der Waals surface area contributed by atoms with Crippen LogP contribution in [0.4, 0.5) is 5.00 Å². The molecule has 4 heteroatoms. The molecule has 2 unspecified atom stereocenters. The number of nitrogens with zero attached hydrogens (tertiary/aromatic N) is 1. The summed E-state index contributed by atoms with van der Waals surface area (Å²) in [5, 5.41) is 3.06. The number of primary amides is 1. The van der Waals surface area contributed by atoms with E-state index in [9.17, 15) is 4.79 Å². The molecule has 1 aromatic rings. The van der Waals surface area contributed by atoms with Crippen molar-refractivity contribution in [1.29, 1.82) is 0 Å². The van der Waals surface area contributed by atoms with Crippen LogP contribution >= 0.6 is 11.3 Å². The number of rotatable bonds is 1. The standard InChI is InChI=1S/C10H10N2OS/c1-5-6-2-3-12(5)10-8(6)7(4-14-10)9(11)13/h2-6H,1H3,(H2,11,13)/p+1. The maximum absolute atomic E-state index is 11.2. The molecule has 1 aromatic heterocycles. The summed E-state index contributed by atoms with van der Waals surface area (Å²) in [6, 6.07) is 0.454. The smallest absolute Gasteiger partial charge is 0.366 e. The van der Waals surface area contributed by atoms with Gasteiger partial charge in [-0.05, 0) is 6.92 Å². The van der Waals surface area contributed by atoms with E-state index in [0.717, 1.165) is 5.56 Å². The molecule has 0 radical (unpaired) electrons. The summed E-state index contributed by atoms with van der Waals surface area (Å²) in [6.07, 6.45) is 4.24. The molecule has 0 saturated carbocycles. The fourth-order valence-corrected chi connectivity index (χ4v) is 3.51. The van der Waals surface area contributed by atoms with E-state index in [2.05, 4.69) is 24.1 Å². The van der Waals surface area contributed by atoms with E-state index in [4.69, 9.17) is 5.73 Å². The summed E-state index contributed by atoms with van der Waals surface area (Å²) < 4.78 is 0. The minimum absolute atomic E-state index is 0. The van der Waals surface area contributed by atoms with Crippen LogP contribution < -0.4 is 10.6 Å². The second-order valence-electron chi connectivity index (χ2n) is 3.75. The zero-order valence-electron chi connectivity index (χ0n) is 8.73. The van der Waals surface area contributed by atoms with Gasteiger partial charge in [-0.15, -0.1) is 11.3 Å². The highest BCUT2D eigenvalue weighted by Crippen LogP contribution is 2.51. The third-order valence-electron chi connectivity index (χ3n) is 3.05. The van der Waals surface area contributed by atoms with E-state index in [0.29, 0.717) is 17.5 Å². The number of carbonyl (C=O) groups is 1. The van der Waals surface area contributed by atoms with Gasteiger partial charge >= 0.3 is 1.43 Å². The van der Waals surface area contributed by atoms with Gasteiger partial charge in [-0.1, -0.05) is 6.08 Å². The van der Waals surface area contributed by atoms with Crippen LogP contribution in [0, 0.1) is 0 Å². The number of hydrogen-bond acceptors (Lipinski definition) is 3. The maximum atomic E-state index is 11.2. The Labute approximate surface area is 87.3 Å². The Hall–Kier alpha value is -1.29. The van der Waals surface area contributed by atoms with Crippen LogP contribution in [0.2, 0.25) is 0 Å². The molecule has 1 amide bonds. The molecule has 2 aliphatic heterocycles. The zero-order valence-corrected chi connectivity index (χ0v) is 8.54. The molecule has 2 N–H and O–H groups in total. The first-order valence-electron chi connectivity index (χ1n) is 4.58. The number of amides is 1. The number of carbonyl (C=O) groups excluding carboxylic acids is 1. The van der Waals surface area contributed by atoms with Crippen molar-refractivity contribution < 1.29 is 6.22 Å². The monoisotopic (exact) mass is 207 g/mol. The zero-order chi connectivity index (χ0) is 9.87. The fraction of sp³-hybridized carbons (Fsp3) is 0.300. The van der Waals surface area contributed by atoms with E-state index in [1.54, 1.807) is 11.3 Å². The molecule has 0 fully saturated rings. The van der Waals surface area contributed by atoms with Gasteiger partial charge in [0.25, 0.3) is 0 Å². The van der Waals surface area contributed by atoms with E-state index in [1.807, 2.05) is 5.38 Å². The maximum Gasteiger partial charge on any atom is 1.00 e. The van der Waals surface area contributed by atoms with E-state index in [1.165, 1.54) is 5.00 Å². The summed E-state index contributed by atoms with van der Waals surface area (Å²) in [5.74, 6) is 0.0515. The first kappa shape index (κ1) is 8.05. The van der Waals surface area contributed by atoms with Gasteiger partial charge in [0.15, 0.2) is 0 Å². The average Bonchev–Trinajstić information content (AvgIpc) is 2.75. The van der Waals surface area contributed by atoms with Crippen LogP contribution in [-0.2, 0) is 0 Å². The number of nitrogens with two attached hydrogens (primary N) is 1. The topological polar surface area (TPSA) is 46.3 Å². The Morgan fingerprint density at radius 2 is 2.50 bits per heavy atom. The summed E-state index contributed by atoms with van der Waals surface area (Å²) in [6.45, 7) is 2.17. The van der Waals surface area contributed by atoms with Crippen molar-refractivity contribution >= 4 is 22.2 Å². The van der Waals surface area contributed by atoms with Crippen LogP contribution in [-0.4, -0.2) is 11.9 Å². The minimum atomic E-state index is -0.308. The first-order valence-corrected chi connectivity index (χ1v) is 5.46. The van der Waals surface area contributed by atoms with Crippen molar-refractivity contribution in [2.45, 2.75) is 18.9 Å². The molecule has 2 aliphatic rings. The quantitative estimate of drug-likeness (QED) is 0.763. The van der Waals surface area contributed by atoms with E-state index < -0.39 is 0 Å². The molecule has 72 valence electrons. The molecular weight excluding hydrogens is 196 g/mol. The van der Waals surface area contributed by atoms with Crippen LogP contribution in [0.5, 0.6) is 0 Å². The lowest BCUT2D eigenvalue weighted by Gasteiger charge is -2.14. The summed E-state index contributed by atoms with van der Waals surface area (Å²) in [5.41, 5.74) is 7.17. The van der Waals surface area contributed by atoms with Crippen LogP contribution in [0.15, 0.2) is 17.7 Å². The first-order chi connectivity index (χ1) is 6.70. The molecule has 3 nitrogen and oxygen atoms in total. The number of thiophene rings is 1. The van der Waals surface area contributed by atoms with Gasteiger partial charge in [-0.25, -0.2) is 0 Å². The Balaban J connectivity index is 0.000000853. The number of hydrogen-bond donors (Lipinski definition) is 1. The Morgan fingerprint density at radius 1 is 1.71 bits per heavy atom. The van der Waals surface area contributed by atoms with E-state index in [-0.39, 0.29) is 7.33 Å². The second-order valence-corrected chi connectivity index (χ2v) is 4.61. The van der Waals surface area contributed by atoms with Gasteiger partial charge in [0, 0.05) is 29.1 Å². The van der Waals surface area contributed by atoms with Crippen LogP contribution in [0.25, 0.3) is 0 Å². The van der Waals surface area contributed by atoms with Crippen LogP contribution in [0.3, 0.4) is 0 Å².